The number of nitrogens with zero attached hydrogens (tertiary/aromatic N) is 2. The van der Waals surface area contributed by atoms with Crippen LogP contribution in [0.5, 0.6) is 0 Å². The zero-order valence-corrected chi connectivity index (χ0v) is 16.1. The molecule has 8 heteroatoms. The molecule has 0 saturated carbocycles. The molecule has 0 bridgehead atoms. The number of aryl methyl sites for hydroxylation is 1. The van der Waals surface area contributed by atoms with E-state index in [0.29, 0.717) is 35.1 Å². The number of carbonyl (C=O) groups excluding carboxylic acids is 2. The van der Waals surface area contributed by atoms with Crippen molar-refractivity contribution in [3.8, 4) is 0 Å². The fraction of sp³-hybridized carbons (Fsp3) is 0.250. The molecule has 1 aliphatic heterocycles. The topological polar surface area (TPSA) is 94.6 Å². The average Bonchev–Trinajstić information content (AvgIpc) is 3.16. The molecule has 28 heavy (non-hydrogen) atoms. The van der Waals surface area contributed by atoms with Gasteiger partial charge >= 0.3 is 0 Å². The zero-order valence-electron chi connectivity index (χ0n) is 15.4. The minimum absolute atomic E-state index is 0.0229. The Kier molecular flexibility index (Phi) is 6.28. The Morgan fingerprint density at radius 2 is 2.18 bits per heavy atom. The standard InChI is InChI=1S/C20H21ClN4O3/c1-13-3-2-4-15(9-13)20(27)25-8-7-16(12-25)23-19-17(21)10-14(11-22-19)5-6-18(26)24-28/h2-6,9-11,16,28H,7-8,12H2,1H3,(H,22,23)(H,24,26)/b6-5+/t16-/m1/s1. The van der Waals surface area contributed by atoms with E-state index in [1.807, 2.05) is 36.1 Å². The second-order valence-electron chi connectivity index (χ2n) is 6.66. The molecule has 1 aliphatic rings. The summed E-state index contributed by atoms with van der Waals surface area (Å²) in [5.41, 5.74) is 3.89. The molecule has 0 unspecified atom stereocenters. The lowest BCUT2D eigenvalue weighted by Gasteiger charge is -2.18. The molecule has 2 amide bonds. The van der Waals surface area contributed by atoms with E-state index in [-0.39, 0.29) is 11.9 Å². The number of pyridine rings is 1. The highest BCUT2D eigenvalue weighted by Crippen LogP contribution is 2.24. The Morgan fingerprint density at radius 3 is 2.89 bits per heavy atom. The Balaban J connectivity index is 1.61. The maximum absolute atomic E-state index is 12.7. The normalized spacial score (nSPS) is 16.4. The number of nitrogens with one attached hydrogen (secondary N) is 2. The lowest BCUT2D eigenvalue weighted by molar-refractivity contribution is -0.124. The summed E-state index contributed by atoms with van der Waals surface area (Å²) in [6, 6.07) is 9.30. The van der Waals surface area contributed by atoms with Crippen molar-refractivity contribution < 1.29 is 14.8 Å². The Morgan fingerprint density at radius 1 is 1.36 bits per heavy atom. The van der Waals surface area contributed by atoms with Crippen molar-refractivity contribution in [3.63, 3.8) is 0 Å². The molecule has 1 aromatic heterocycles. The maximum atomic E-state index is 12.7. The van der Waals surface area contributed by atoms with E-state index in [4.69, 9.17) is 16.8 Å². The number of hydroxylamine groups is 1. The lowest BCUT2D eigenvalue weighted by atomic mass is 10.1. The van der Waals surface area contributed by atoms with Crippen LogP contribution in [0, 0.1) is 6.92 Å². The number of hydrogen-bond donors (Lipinski definition) is 3. The van der Waals surface area contributed by atoms with Crippen LogP contribution in [0.3, 0.4) is 0 Å². The lowest BCUT2D eigenvalue weighted by Crippen LogP contribution is -2.31. The van der Waals surface area contributed by atoms with Gasteiger partial charge in [0.1, 0.15) is 5.82 Å². The molecule has 146 valence electrons. The van der Waals surface area contributed by atoms with Gasteiger partial charge in [0.2, 0.25) is 0 Å². The minimum Gasteiger partial charge on any atom is -0.364 e. The van der Waals surface area contributed by atoms with Crippen LogP contribution in [0.1, 0.15) is 27.9 Å². The van der Waals surface area contributed by atoms with Crippen LogP contribution in [-0.4, -0.2) is 46.0 Å². The van der Waals surface area contributed by atoms with Gasteiger partial charge in [-0.2, -0.15) is 0 Å². The molecule has 1 aromatic carbocycles. The summed E-state index contributed by atoms with van der Waals surface area (Å²) < 4.78 is 0. The molecule has 3 N–H and O–H groups in total. The van der Waals surface area contributed by atoms with Crippen molar-refractivity contribution in [2.24, 2.45) is 0 Å². The SMILES string of the molecule is Cc1cccc(C(=O)N2CC[C@@H](Nc3ncc(/C=C/C(=O)NO)cc3Cl)C2)c1. The number of hydrogen-bond acceptors (Lipinski definition) is 5. The van der Waals surface area contributed by atoms with Crippen molar-refractivity contribution in [2.75, 3.05) is 18.4 Å². The molecule has 0 radical (unpaired) electrons. The molecule has 7 nitrogen and oxygen atoms in total. The summed E-state index contributed by atoms with van der Waals surface area (Å²) in [5.74, 6) is -0.0855. The van der Waals surface area contributed by atoms with Crippen LogP contribution in [0.4, 0.5) is 5.82 Å². The van der Waals surface area contributed by atoms with E-state index in [0.717, 1.165) is 12.0 Å². The third-order valence-electron chi connectivity index (χ3n) is 4.48. The van der Waals surface area contributed by atoms with Crippen LogP contribution in [0.15, 0.2) is 42.6 Å². The third-order valence-corrected chi connectivity index (χ3v) is 4.77. The smallest absolute Gasteiger partial charge is 0.267 e. The van der Waals surface area contributed by atoms with Crippen LogP contribution >= 0.6 is 11.6 Å². The summed E-state index contributed by atoms with van der Waals surface area (Å²) >= 11 is 6.28. The summed E-state index contributed by atoms with van der Waals surface area (Å²) in [6.07, 6.45) is 5.03. The molecule has 1 atom stereocenters. The molecule has 0 spiro atoms. The molecule has 2 heterocycles. The molecular formula is C20H21ClN4O3. The summed E-state index contributed by atoms with van der Waals surface area (Å²) in [4.78, 5) is 29.8. The number of rotatable bonds is 5. The van der Waals surface area contributed by atoms with Gasteiger partial charge in [0.05, 0.1) is 5.02 Å². The molecule has 2 aromatic rings. The van der Waals surface area contributed by atoms with E-state index in [1.165, 1.54) is 17.6 Å². The second kappa shape index (κ2) is 8.86. The highest BCUT2D eigenvalue weighted by molar-refractivity contribution is 6.33. The Hall–Kier alpha value is -2.90. The van der Waals surface area contributed by atoms with Gasteiger partial charge in [0, 0.05) is 37.0 Å². The third kappa shape index (κ3) is 4.88. The van der Waals surface area contributed by atoms with Gasteiger partial charge in [-0.25, -0.2) is 10.5 Å². The summed E-state index contributed by atoms with van der Waals surface area (Å²) in [7, 11) is 0. The summed E-state index contributed by atoms with van der Waals surface area (Å²) in [5, 5.41) is 12.2. The molecule has 3 rings (SSSR count). The Bertz CT molecular complexity index is 916. The monoisotopic (exact) mass is 400 g/mol. The Labute approximate surface area is 168 Å². The van der Waals surface area contributed by atoms with Gasteiger partial charge in [-0.3, -0.25) is 14.8 Å². The predicted octanol–water partition coefficient (Wildman–Crippen LogP) is 2.89. The largest absolute Gasteiger partial charge is 0.364 e. The van der Waals surface area contributed by atoms with Gasteiger partial charge in [0.25, 0.3) is 11.8 Å². The van der Waals surface area contributed by atoms with Gasteiger partial charge in [-0.05, 0) is 43.2 Å². The van der Waals surface area contributed by atoms with Crippen molar-refractivity contribution in [3.05, 3.63) is 64.3 Å². The molecule has 0 aliphatic carbocycles. The van der Waals surface area contributed by atoms with Crippen LogP contribution in [-0.2, 0) is 4.79 Å². The van der Waals surface area contributed by atoms with Crippen molar-refractivity contribution in [1.29, 1.82) is 0 Å². The highest BCUT2D eigenvalue weighted by Gasteiger charge is 2.27. The maximum Gasteiger partial charge on any atom is 0.267 e. The number of amides is 2. The fourth-order valence-electron chi connectivity index (χ4n) is 3.08. The molecular weight excluding hydrogens is 380 g/mol. The number of aromatic nitrogens is 1. The highest BCUT2D eigenvalue weighted by atomic mass is 35.5. The van der Waals surface area contributed by atoms with Gasteiger partial charge in [-0.15, -0.1) is 0 Å². The number of anilines is 1. The number of halogens is 1. The van der Waals surface area contributed by atoms with Crippen molar-refractivity contribution in [2.45, 2.75) is 19.4 Å². The van der Waals surface area contributed by atoms with Gasteiger partial charge in [-0.1, -0.05) is 29.3 Å². The van der Waals surface area contributed by atoms with Crippen molar-refractivity contribution >= 4 is 35.3 Å². The van der Waals surface area contributed by atoms with E-state index < -0.39 is 5.91 Å². The first-order valence-electron chi connectivity index (χ1n) is 8.86. The first-order chi connectivity index (χ1) is 13.5. The van der Waals surface area contributed by atoms with E-state index in [9.17, 15) is 9.59 Å². The van der Waals surface area contributed by atoms with Crippen LogP contribution in [0.25, 0.3) is 6.08 Å². The quantitative estimate of drug-likeness (QED) is 0.407. The van der Waals surface area contributed by atoms with Gasteiger partial charge in [0.15, 0.2) is 0 Å². The second-order valence-corrected chi connectivity index (χ2v) is 7.07. The molecule has 1 saturated heterocycles. The van der Waals surface area contributed by atoms with E-state index in [2.05, 4.69) is 10.3 Å². The zero-order chi connectivity index (χ0) is 20.1. The van der Waals surface area contributed by atoms with Crippen LogP contribution < -0.4 is 10.8 Å². The van der Waals surface area contributed by atoms with E-state index in [1.54, 1.807) is 12.3 Å². The first kappa shape index (κ1) is 19.9. The predicted molar refractivity (Wildman–Crippen MR) is 107 cm³/mol. The summed E-state index contributed by atoms with van der Waals surface area (Å²) in [6.45, 7) is 3.20. The number of carbonyl (C=O) groups is 2. The van der Waals surface area contributed by atoms with Crippen molar-refractivity contribution in [1.82, 2.24) is 15.4 Å². The first-order valence-corrected chi connectivity index (χ1v) is 9.24. The van der Waals surface area contributed by atoms with E-state index >= 15 is 0 Å². The number of likely N-dealkylation sites (tertiary alicyclic amines) is 1. The molecule has 1 fully saturated rings. The number of benzene rings is 1. The average molecular weight is 401 g/mol. The van der Waals surface area contributed by atoms with Gasteiger partial charge < -0.3 is 10.2 Å². The van der Waals surface area contributed by atoms with Crippen LogP contribution in [0.2, 0.25) is 5.02 Å². The minimum atomic E-state index is -0.636. The fourth-order valence-corrected chi connectivity index (χ4v) is 3.31.